The number of aliphatic hydroxyl groups excluding tert-OH is 1. The summed E-state index contributed by atoms with van der Waals surface area (Å²) in [7, 11) is 0. The number of halogens is 6. The van der Waals surface area contributed by atoms with Gasteiger partial charge in [-0.1, -0.05) is 17.3 Å². The Labute approximate surface area is 205 Å². The number of benzene rings is 2. The smallest absolute Gasteiger partial charge is 0.419 e. The van der Waals surface area contributed by atoms with Gasteiger partial charge < -0.3 is 19.5 Å². The Balaban J connectivity index is 1.50. The van der Waals surface area contributed by atoms with Gasteiger partial charge in [0, 0.05) is 18.5 Å². The molecule has 1 fully saturated rings. The van der Waals surface area contributed by atoms with Crippen LogP contribution in [0.2, 0.25) is 0 Å². The number of rotatable bonds is 6. The van der Waals surface area contributed by atoms with Crippen LogP contribution in [0.1, 0.15) is 35.0 Å². The van der Waals surface area contributed by atoms with E-state index in [4.69, 9.17) is 9.26 Å². The number of carboxylic acid groups (broad SMARTS) is 1. The van der Waals surface area contributed by atoms with Crippen LogP contribution in [0.25, 0.3) is 11.4 Å². The maximum Gasteiger partial charge on any atom is 0.419 e. The fourth-order valence-electron chi connectivity index (χ4n) is 3.92. The number of likely N-dealkylation sites (tertiary alicyclic amines) is 1. The van der Waals surface area contributed by atoms with E-state index in [2.05, 4.69) is 10.1 Å². The van der Waals surface area contributed by atoms with Crippen molar-refractivity contribution in [1.82, 2.24) is 15.0 Å². The van der Waals surface area contributed by atoms with Crippen molar-refractivity contribution >= 4 is 6.09 Å². The maximum absolute atomic E-state index is 13.7. The second kappa shape index (κ2) is 9.92. The average molecular weight is 531 g/mol. The second-order valence-electron chi connectivity index (χ2n) is 8.23. The van der Waals surface area contributed by atoms with Crippen molar-refractivity contribution in [2.75, 3.05) is 13.2 Å². The van der Waals surface area contributed by atoms with Crippen LogP contribution in [0.5, 0.6) is 5.75 Å². The van der Waals surface area contributed by atoms with Gasteiger partial charge in [0.05, 0.1) is 23.8 Å². The SMILES string of the molecule is O=C(O)N1CC[C@H](O)[C@H]1c1nc(-c2ccc(OCCc3ccc(C(F)(F)F)cc3)c(C(F)(F)F)c2)no1. The van der Waals surface area contributed by atoms with Gasteiger partial charge in [0.15, 0.2) is 0 Å². The minimum atomic E-state index is -4.83. The molecule has 0 aliphatic carbocycles. The lowest BCUT2D eigenvalue weighted by molar-refractivity contribution is -0.139. The van der Waals surface area contributed by atoms with E-state index in [9.17, 15) is 41.4 Å². The zero-order chi connectivity index (χ0) is 27.0. The van der Waals surface area contributed by atoms with Gasteiger partial charge in [0.1, 0.15) is 11.8 Å². The lowest BCUT2D eigenvalue weighted by atomic mass is 10.1. The van der Waals surface area contributed by atoms with E-state index < -0.39 is 47.5 Å². The summed E-state index contributed by atoms with van der Waals surface area (Å²) < 4.78 is 89.5. The molecule has 198 valence electrons. The van der Waals surface area contributed by atoms with E-state index in [1.165, 1.54) is 18.2 Å². The first-order valence-corrected chi connectivity index (χ1v) is 10.9. The van der Waals surface area contributed by atoms with Crippen LogP contribution in [-0.4, -0.2) is 50.6 Å². The number of ether oxygens (including phenoxy) is 1. The largest absolute Gasteiger partial charge is 0.493 e. The Hall–Kier alpha value is -3.81. The molecule has 0 bridgehead atoms. The summed E-state index contributed by atoms with van der Waals surface area (Å²) in [4.78, 5) is 16.3. The standard InChI is InChI=1S/C23H19F6N3O5/c24-22(25,26)14-4-1-12(2-5-14)8-10-36-17-6-3-13(11-15(17)23(27,28)29)19-30-20(37-31-19)18-16(33)7-9-32(18)21(34)35/h1-6,11,16,18,33H,7-10H2,(H,34,35)/t16-,18-/m0/s1. The summed E-state index contributed by atoms with van der Waals surface area (Å²) >= 11 is 0. The van der Waals surface area contributed by atoms with Crippen LogP contribution in [0, 0.1) is 0 Å². The highest BCUT2D eigenvalue weighted by Gasteiger charge is 2.41. The number of alkyl halides is 6. The van der Waals surface area contributed by atoms with Crippen molar-refractivity contribution in [3.05, 3.63) is 65.0 Å². The minimum absolute atomic E-state index is 0.0234. The summed E-state index contributed by atoms with van der Waals surface area (Å²) in [6.07, 6.45) is -11.6. The van der Waals surface area contributed by atoms with Crippen LogP contribution < -0.4 is 4.74 Å². The fraction of sp³-hybridized carbons (Fsp3) is 0.348. The molecule has 14 heteroatoms. The molecule has 2 aromatic carbocycles. The Kier molecular flexibility index (Phi) is 7.04. The lowest BCUT2D eigenvalue weighted by Crippen LogP contribution is -2.32. The highest BCUT2D eigenvalue weighted by atomic mass is 19.4. The molecule has 1 aromatic heterocycles. The van der Waals surface area contributed by atoms with Gasteiger partial charge in [-0.15, -0.1) is 0 Å². The summed E-state index contributed by atoms with van der Waals surface area (Å²) in [5.41, 5.74) is -1.62. The number of hydrogen-bond donors (Lipinski definition) is 2. The molecule has 2 heterocycles. The summed E-state index contributed by atoms with van der Waals surface area (Å²) in [5.74, 6) is -1.01. The molecule has 1 aliphatic rings. The first-order chi connectivity index (χ1) is 17.3. The first kappa shape index (κ1) is 26.3. The van der Waals surface area contributed by atoms with Crippen molar-refractivity contribution in [2.24, 2.45) is 0 Å². The van der Waals surface area contributed by atoms with Gasteiger partial charge >= 0.3 is 18.4 Å². The third-order valence-electron chi connectivity index (χ3n) is 5.78. The Bertz CT molecular complexity index is 1260. The third-order valence-corrected chi connectivity index (χ3v) is 5.78. The quantitative estimate of drug-likeness (QED) is 0.422. The molecule has 1 saturated heterocycles. The number of aromatic nitrogens is 2. The van der Waals surface area contributed by atoms with Crippen LogP contribution in [0.4, 0.5) is 31.1 Å². The molecule has 37 heavy (non-hydrogen) atoms. The summed E-state index contributed by atoms with van der Waals surface area (Å²) in [6.45, 7) is -0.208. The number of amides is 1. The highest BCUT2D eigenvalue weighted by molar-refractivity contribution is 5.66. The molecule has 0 saturated carbocycles. The van der Waals surface area contributed by atoms with Crippen molar-refractivity contribution in [3.8, 4) is 17.1 Å². The van der Waals surface area contributed by atoms with E-state index in [1.807, 2.05) is 0 Å². The molecule has 8 nitrogen and oxygen atoms in total. The molecule has 2 N–H and O–H groups in total. The Morgan fingerprint density at radius 3 is 2.41 bits per heavy atom. The molecule has 2 atom stereocenters. The van der Waals surface area contributed by atoms with Gasteiger partial charge in [-0.3, -0.25) is 4.90 Å². The molecule has 0 radical (unpaired) electrons. The van der Waals surface area contributed by atoms with Crippen molar-refractivity contribution in [2.45, 2.75) is 37.3 Å². The lowest BCUT2D eigenvalue weighted by Gasteiger charge is -2.19. The Morgan fingerprint density at radius 2 is 1.78 bits per heavy atom. The molecule has 0 unspecified atom stereocenters. The Morgan fingerprint density at radius 1 is 1.08 bits per heavy atom. The number of hydrogen-bond acceptors (Lipinski definition) is 6. The van der Waals surface area contributed by atoms with Crippen molar-refractivity contribution in [1.29, 1.82) is 0 Å². The predicted octanol–water partition coefficient (Wildman–Crippen LogP) is 5.18. The van der Waals surface area contributed by atoms with Gasteiger partial charge in [-0.2, -0.15) is 31.3 Å². The number of nitrogens with zero attached hydrogens (tertiary/aromatic N) is 3. The third kappa shape index (κ3) is 5.79. The molecule has 4 rings (SSSR count). The van der Waals surface area contributed by atoms with Gasteiger partial charge in [-0.05, 0) is 42.3 Å². The maximum atomic E-state index is 13.7. The van der Waals surface area contributed by atoms with Gasteiger partial charge in [0.2, 0.25) is 5.82 Å². The number of aliphatic hydroxyl groups is 1. The molecule has 3 aromatic rings. The minimum Gasteiger partial charge on any atom is -0.493 e. The normalized spacial score (nSPS) is 18.3. The average Bonchev–Trinajstić information content (AvgIpc) is 3.45. The summed E-state index contributed by atoms with van der Waals surface area (Å²) in [6, 6.07) is 6.10. The van der Waals surface area contributed by atoms with E-state index in [0.717, 1.165) is 29.2 Å². The summed E-state index contributed by atoms with van der Waals surface area (Å²) in [5, 5.41) is 23.0. The van der Waals surface area contributed by atoms with Crippen molar-refractivity contribution < 1.29 is 50.6 Å². The van der Waals surface area contributed by atoms with Crippen LogP contribution in [0.15, 0.2) is 47.0 Å². The van der Waals surface area contributed by atoms with E-state index >= 15 is 0 Å². The van der Waals surface area contributed by atoms with Crippen LogP contribution in [-0.2, 0) is 18.8 Å². The molecular weight excluding hydrogens is 512 g/mol. The molecule has 1 aliphatic heterocycles. The van der Waals surface area contributed by atoms with E-state index in [0.29, 0.717) is 5.56 Å². The monoisotopic (exact) mass is 531 g/mol. The zero-order valence-corrected chi connectivity index (χ0v) is 18.8. The zero-order valence-electron chi connectivity index (χ0n) is 18.8. The van der Waals surface area contributed by atoms with Crippen molar-refractivity contribution in [3.63, 3.8) is 0 Å². The molecule has 1 amide bonds. The van der Waals surface area contributed by atoms with E-state index in [-0.39, 0.29) is 43.3 Å². The first-order valence-electron chi connectivity index (χ1n) is 10.9. The van der Waals surface area contributed by atoms with Crippen LogP contribution >= 0.6 is 0 Å². The topological polar surface area (TPSA) is 109 Å². The molecule has 0 spiro atoms. The highest BCUT2D eigenvalue weighted by Crippen LogP contribution is 2.39. The predicted molar refractivity (Wildman–Crippen MR) is 113 cm³/mol. The fourth-order valence-corrected chi connectivity index (χ4v) is 3.92. The van der Waals surface area contributed by atoms with Gasteiger partial charge in [0.25, 0.3) is 5.89 Å². The number of carbonyl (C=O) groups is 1. The second-order valence-corrected chi connectivity index (χ2v) is 8.23. The van der Waals surface area contributed by atoms with Crippen LogP contribution in [0.3, 0.4) is 0 Å². The van der Waals surface area contributed by atoms with E-state index in [1.54, 1.807) is 0 Å². The van der Waals surface area contributed by atoms with Gasteiger partial charge in [-0.25, -0.2) is 4.79 Å². The molecular formula is C23H19F6N3O5.